The third kappa shape index (κ3) is 3.59. The maximum Gasteiger partial charge on any atom is 0.408 e. The summed E-state index contributed by atoms with van der Waals surface area (Å²) in [5.41, 5.74) is 2.73. The van der Waals surface area contributed by atoms with Crippen molar-refractivity contribution in [1.82, 2.24) is 5.32 Å². The number of carboxylic acid groups (broad SMARTS) is 1. The van der Waals surface area contributed by atoms with Crippen molar-refractivity contribution in [2.45, 2.75) is 31.1 Å². The van der Waals surface area contributed by atoms with E-state index in [9.17, 15) is 14.7 Å². The van der Waals surface area contributed by atoms with Gasteiger partial charge in [-0.2, -0.15) is 0 Å². The molecule has 1 heterocycles. The van der Waals surface area contributed by atoms with Crippen LogP contribution in [-0.2, 0) is 19.0 Å². The lowest BCUT2D eigenvalue weighted by atomic mass is 9.98. The van der Waals surface area contributed by atoms with Crippen molar-refractivity contribution < 1.29 is 28.9 Å². The molecule has 1 amide bonds. The second-order valence-corrected chi connectivity index (χ2v) is 7.81. The summed E-state index contributed by atoms with van der Waals surface area (Å²) in [4.78, 5) is 24.2. The molecule has 1 saturated heterocycles. The number of carbonyl (C=O) groups excluding carboxylic acids is 1. The van der Waals surface area contributed by atoms with Gasteiger partial charge in [-0.1, -0.05) is 48.5 Å². The van der Waals surface area contributed by atoms with Crippen LogP contribution in [0.3, 0.4) is 0 Å². The lowest BCUT2D eigenvalue weighted by Gasteiger charge is -2.40. The van der Waals surface area contributed by atoms with Gasteiger partial charge >= 0.3 is 12.1 Å². The molecular formula is C22H23NO6. The van der Waals surface area contributed by atoms with Crippen molar-refractivity contribution in [3.8, 4) is 11.1 Å². The highest BCUT2D eigenvalue weighted by molar-refractivity contribution is 5.85. The van der Waals surface area contributed by atoms with Gasteiger partial charge in [0.1, 0.15) is 6.61 Å². The van der Waals surface area contributed by atoms with E-state index in [1.165, 1.54) is 0 Å². The van der Waals surface area contributed by atoms with E-state index in [0.717, 1.165) is 22.3 Å². The predicted octanol–water partition coefficient (Wildman–Crippen LogP) is 3.13. The minimum atomic E-state index is -1.68. The number of aliphatic carboxylic acids is 1. The molecule has 0 radical (unpaired) electrons. The molecule has 2 aliphatic rings. The maximum atomic E-state index is 12.5. The average Bonchev–Trinajstić information content (AvgIpc) is 3.02. The molecule has 1 aliphatic heterocycles. The Kier molecular flexibility index (Phi) is 4.80. The van der Waals surface area contributed by atoms with E-state index in [1.807, 2.05) is 48.5 Å². The van der Waals surface area contributed by atoms with E-state index in [0.29, 0.717) is 0 Å². The van der Waals surface area contributed by atoms with Gasteiger partial charge in [-0.25, -0.2) is 9.59 Å². The van der Waals surface area contributed by atoms with Gasteiger partial charge < -0.3 is 24.6 Å². The first-order chi connectivity index (χ1) is 13.8. The third-order valence-electron chi connectivity index (χ3n) is 5.43. The molecule has 7 nitrogen and oxygen atoms in total. The summed E-state index contributed by atoms with van der Waals surface area (Å²) >= 11 is 0. The van der Waals surface area contributed by atoms with Gasteiger partial charge in [0, 0.05) is 5.92 Å². The highest BCUT2D eigenvalue weighted by atomic mass is 16.7. The summed E-state index contributed by atoms with van der Waals surface area (Å²) in [5, 5.41) is 12.0. The van der Waals surface area contributed by atoms with Crippen LogP contribution >= 0.6 is 0 Å². The zero-order chi connectivity index (χ0) is 20.6. The molecule has 0 unspecified atom stereocenters. The van der Waals surface area contributed by atoms with E-state index in [4.69, 9.17) is 14.2 Å². The van der Waals surface area contributed by atoms with Gasteiger partial charge in [-0.05, 0) is 36.1 Å². The minimum absolute atomic E-state index is 0.1000. The van der Waals surface area contributed by atoms with Crippen LogP contribution in [0.25, 0.3) is 11.1 Å². The first-order valence-corrected chi connectivity index (χ1v) is 9.46. The number of carboxylic acids is 1. The van der Waals surface area contributed by atoms with Crippen LogP contribution in [0.1, 0.15) is 30.9 Å². The highest BCUT2D eigenvalue weighted by Gasteiger charge is 2.48. The molecule has 0 spiro atoms. The molecule has 0 bridgehead atoms. The zero-order valence-electron chi connectivity index (χ0n) is 16.3. The van der Waals surface area contributed by atoms with E-state index in [-0.39, 0.29) is 25.7 Å². The number of hydrogen-bond donors (Lipinski definition) is 2. The predicted molar refractivity (Wildman–Crippen MR) is 105 cm³/mol. The molecule has 1 aliphatic carbocycles. The van der Waals surface area contributed by atoms with Crippen molar-refractivity contribution >= 4 is 12.1 Å². The van der Waals surface area contributed by atoms with Crippen LogP contribution in [0.4, 0.5) is 4.79 Å². The van der Waals surface area contributed by atoms with Crippen molar-refractivity contribution in [1.29, 1.82) is 0 Å². The van der Waals surface area contributed by atoms with Gasteiger partial charge in [-0.3, -0.25) is 0 Å². The van der Waals surface area contributed by atoms with Gasteiger partial charge in [0.05, 0.1) is 13.2 Å². The van der Waals surface area contributed by atoms with Crippen LogP contribution in [-0.4, -0.2) is 48.3 Å². The van der Waals surface area contributed by atoms with Gasteiger partial charge in [0.25, 0.3) is 0 Å². The lowest BCUT2D eigenvalue weighted by molar-refractivity contribution is -0.269. The molecule has 7 heteroatoms. The molecule has 0 aromatic heterocycles. The molecule has 152 valence electrons. The number of nitrogens with one attached hydrogen (secondary N) is 1. The standard InChI is InChI=1S/C22H23NO6/c1-21(2)28-12-22(13-29-21,19(24)25)23-20(26)27-11-18-16-9-5-3-7-14(16)15-8-4-6-10-17(15)18/h3-10,18H,11-13H2,1-2H3,(H,23,26)(H,24,25). The van der Waals surface area contributed by atoms with Crippen molar-refractivity contribution in [2.24, 2.45) is 0 Å². The molecule has 0 atom stereocenters. The second-order valence-electron chi connectivity index (χ2n) is 7.81. The van der Waals surface area contributed by atoms with Crippen LogP contribution in [0.2, 0.25) is 0 Å². The van der Waals surface area contributed by atoms with Gasteiger partial charge in [0.15, 0.2) is 11.3 Å². The molecule has 2 aromatic carbocycles. The second kappa shape index (κ2) is 7.17. The molecule has 4 rings (SSSR count). The van der Waals surface area contributed by atoms with Crippen molar-refractivity contribution in [3.63, 3.8) is 0 Å². The summed E-state index contributed by atoms with van der Waals surface area (Å²) in [6, 6.07) is 16.0. The fraction of sp³-hybridized carbons (Fsp3) is 0.364. The van der Waals surface area contributed by atoms with Crippen LogP contribution < -0.4 is 5.32 Å². The minimum Gasteiger partial charge on any atom is -0.479 e. The highest BCUT2D eigenvalue weighted by Crippen LogP contribution is 2.44. The fourth-order valence-corrected chi connectivity index (χ4v) is 3.76. The van der Waals surface area contributed by atoms with E-state index in [2.05, 4.69) is 5.32 Å². The molecular weight excluding hydrogens is 374 g/mol. The Hall–Kier alpha value is -2.90. The maximum absolute atomic E-state index is 12.5. The normalized spacial score (nSPS) is 19.1. The topological polar surface area (TPSA) is 94.1 Å². The van der Waals surface area contributed by atoms with E-state index in [1.54, 1.807) is 13.8 Å². The quantitative estimate of drug-likeness (QED) is 0.823. The summed E-state index contributed by atoms with van der Waals surface area (Å²) in [6.45, 7) is 3.06. The summed E-state index contributed by atoms with van der Waals surface area (Å²) in [5.74, 6) is -2.24. The lowest BCUT2D eigenvalue weighted by Crippen LogP contribution is -2.65. The van der Waals surface area contributed by atoms with Gasteiger partial charge in [0.2, 0.25) is 0 Å². The summed E-state index contributed by atoms with van der Waals surface area (Å²) in [7, 11) is 0. The zero-order valence-corrected chi connectivity index (χ0v) is 16.3. The van der Waals surface area contributed by atoms with E-state index < -0.39 is 23.4 Å². The van der Waals surface area contributed by atoms with Crippen molar-refractivity contribution in [3.05, 3.63) is 59.7 Å². The molecule has 2 aromatic rings. The van der Waals surface area contributed by atoms with Crippen LogP contribution in [0.5, 0.6) is 0 Å². The molecule has 2 N–H and O–H groups in total. The van der Waals surface area contributed by atoms with Gasteiger partial charge in [-0.15, -0.1) is 0 Å². The van der Waals surface area contributed by atoms with Crippen LogP contribution in [0, 0.1) is 0 Å². The Morgan fingerprint density at radius 3 is 2.07 bits per heavy atom. The van der Waals surface area contributed by atoms with Crippen molar-refractivity contribution in [2.75, 3.05) is 19.8 Å². The summed E-state index contributed by atoms with van der Waals surface area (Å²) in [6.07, 6.45) is -0.818. The van der Waals surface area contributed by atoms with Crippen LogP contribution in [0.15, 0.2) is 48.5 Å². The number of ether oxygens (including phenoxy) is 3. The Labute approximate surface area is 168 Å². The number of hydrogen-bond acceptors (Lipinski definition) is 5. The largest absolute Gasteiger partial charge is 0.479 e. The van der Waals surface area contributed by atoms with E-state index >= 15 is 0 Å². The Morgan fingerprint density at radius 2 is 1.55 bits per heavy atom. The fourth-order valence-electron chi connectivity index (χ4n) is 3.76. The Balaban J connectivity index is 1.47. The monoisotopic (exact) mass is 397 g/mol. The first-order valence-electron chi connectivity index (χ1n) is 9.46. The Bertz CT molecular complexity index is 898. The molecule has 1 fully saturated rings. The number of amides is 1. The average molecular weight is 397 g/mol. The number of carbonyl (C=O) groups is 2. The SMILES string of the molecule is CC1(C)OCC(NC(=O)OCC2c3ccccc3-c3ccccc32)(C(=O)O)CO1. The summed E-state index contributed by atoms with van der Waals surface area (Å²) < 4.78 is 16.3. The third-order valence-corrected chi connectivity index (χ3v) is 5.43. The number of rotatable bonds is 4. The first kappa shape index (κ1) is 19.4. The Morgan fingerprint density at radius 1 is 1.03 bits per heavy atom. The number of alkyl carbamates (subject to hydrolysis) is 1. The number of fused-ring (bicyclic) bond motifs is 3. The number of benzene rings is 2. The molecule has 0 saturated carbocycles. The molecule has 29 heavy (non-hydrogen) atoms. The smallest absolute Gasteiger partial charge is 0.408 e.